The van der Waals surface area contributed by atoms with Crippen molar-refractivity contribution in [2.24, 2.45) is 0 Å². The topological polar surface area (TPSA) is 85.4 Å². The fraction of sp³-hybridized carbons (Fsp3) is 0.130. The Morgan fingerprint density at radius 2 is 1.47 bits per heavy atom. The van der Waals surface area contributed by atoms with Gasteiger partial charge < -0.3 is 4.74 Å². The number of pyridine rings is 1. The van der Waals surface area contributed by atoms with Crippen LogP contribution in [0.25, 0.3) is 21.8 Å². The molecule has 0 unspecified atom stereocenters. The fourth-order valence-corrected chi connectivity index (χ4v) is 4.25. The van der Waals surface area contributed by atoms with Gasteiger partial charge in [-0.05, 0) is 36.8 Å². The summed E-state index contributed by atoms with van der Waals surface area (Å²) < 4.78 is 31.8. The largest absolute Gasteiger partial charge is 0.448 e. The number of carbonyl (C=O) groups is 1. The first-order valence-electron chi connectivity index (χ1n) is 9.47. The van der Waals surface area contributed by atoms with Gasteiger partial charge in [0.2, 0.25) is 0 Å². The summed E-state index contributed by atoms with van der Waals surface area (Å²) in [7, 11) is -3.98. The minimum atomic E-state index is -3.98. The molecule has 30 heavy (non-hydrogen) atoms. The number of benzene rings is 3. The third-order valence-electron chi connectivity index (χ3n) is 4.83. The van der Waals surface area contributed by atoms with Crippen LogP contribution in [0, 0.1) is 6.92 Å². The van der Waals surface area contributed by atoms with Crippen LogP contribution < -0.4 is 4.72 Å². The van der Waals surface area contributed by atoms with Gasteiger partial charge in [-0.2, -0.15) is 0 Å². The molecule has 7 heteroatoms. The highest BCUT2D eigenvalue weighted by molar-refractivity contribution is 7.90. The van der Waals surface area contributed by atoms with Crippen molar-refractivity contribution in [2.75, 3.05) is 6.61 Å². The number of aryl methyl sites for hydroxylation is 1. The van der Waals surface area contributed by atoms with Crippen LogP contribution in [-0.2, 0) is 21.2 Å². The summed E-state index contributed by atoms with van der Waals surface area (Å²) in [5, 5.41) is 1.96. The van der Waals surface area contributed by atoms with Crippen molar-refractivity contribution in [1.82, 2.24) is 9.71 Å². The molecule has 152 valence electrons. The Labute approximate surface area is 174 Å². The Bertz CT molecular complexity index is 1280. The standard InChI is InChI=1S/C23H20N2O4S/c1-16-10-12-17(13-11-16)30(27,28)25-23(26)29-15-14-18-19-6-2-4-8-21(19)24-22-9-5-3-7-20(18)22/h2-13H,14-15H2,1H3,(H,25,26). The summed E-state index contributed by atoms with van der Waals surface area (Å²) in [6.07, 6.45) is -0.570. The number of hydrogen-bond donors (Lipinski definition) is 1. The first-order valence-corrected chi connectivity index (χ1v) is 10.9. The highest BCUT2D eigenvalue weighted by atomic mass is 32.2. The zero-order chi connectivity index (χ0) is 21.1. The lowest BCUT2D eigenvalue weighted by atomic mass is 10.0. The van der Waals surface area contributed by atoms with E-state index in [2.05, 4.69) is 4.98 Å². The summed E-state index contributed by atoms with van der Waals surface area (Å²) in [5.74, 6) is 0. The maximum Gasteiger partial charge on any atom is 0.421 e. The van der Waals surface area contributed by atoms with Gasteiger partial charge in [0, 0.05) is 17.2 Å². The first-order chi connectivity index (χ1) is 14.4. The Balaban J connectivity index is 1.49. The van der Waals surface area contributed by atoms with Gasteiger partial charge in [0.05, 0.1) is 22.5 Å². The molecule has 0 aliphatic heterocycles. The maximum atomic E-state index is 12.3. The van der Waals surface area contributed by atoms with Gasteiger partial charge in [-0.1, -0.05) is 54.1 Å². The molecule has 1 N–H and O–H groups in total. The van der Waals surface area contributed by atoms with Crippen LogP contribution in [0.15, 0.2) is 77.7 Å². The van der Waals surface area contributed by atoms with E-state index in [9.17, 15) is 13.2 Å². The van der Waals surface area contributed by atoms with Gasteiger partial charge in [0.15, 0.2) is 0 Å². The zero-order valence-corrected chi connectivity index (χ0v) is 17.1. The van der Waals surface area contributed by atoms with E-state index in [1.165, 1.54) is 12.1 Å². The van der Waals surface area contributed by atoms with E-state index in [4.69, 9.17) is 4.74 Å². The molecule has 4 rings (SSSR count). The molecule has 0 aliphatic carbocycles. The molecule has 6 nitrogen and oxygen atoms in total. The number of rotatable bonds is 5. The Morgan fingerprint density at radius 1 is 0.900 bits per heavy atom. The van der Waals surface area contributed by atoms with Gasteiger partial charge in [-0.15, -0.1) is 0 Å². The maximum absolute atomic E-state index is 12.3. The third kappa shape index (κ3) is 4.11. The summed E-state index contributed by atoms with van der Waals surface area (Å²) in [6.45, 7) is 1.89. The number of ether oxygens (including phenoxy) is 1. The molecule has 0 bridgehead atoms. The molecule has 1 heterocycles. The smallest absolute Gasteiger partial charge is 0.421 e. The number of para-hydroxylation sites is 2. The van der Waals surface area contributed by atoms with E-state index in [1.807, 2.05) is 60.2 Å². The van der Waals surface area contributed by atoms with Crippen LogP contribution in [0.2, 0.25) is 0 Å². The van der Waals surface area contributed by atoms with E-state index < -0.39 is 16.1 Å². The second-order valence-electron chi connectivity index (χ2n) is 6.93. The summed E-state index contributed by atoms with van der Waals surface area (Å²) >= 11 is 0. The van der Waals surface area contributed by atoms with Crippen molar-refractivity contribution in [3.63, 3.8) is 0 Å². The molecule has 0 radical (unpaired) electrons. The van der Waals surface area contributed by atoms with Crippen molar-refractivity contribution < 1.29 is 17.9 Å². The molecule has 0 spiro atoms. The van der Waals surface area contributed by atoms with Crippen LogP contribution in [0.4, 0.5) is 4.79 Å². The quantitative estimate of drug-likeness (QED) is 0.485. The first kappa shape index (κ1) is 19.8. The Kier molecular flexibility index (Phi) is 5.37. The van der Waals surface area contributed by atoms with Gasteiger partial charge in [-0.3, -0.25) is 0 Å². The highest BCUT2D eigenvalue weighted by Crippen LogP contribution is 2.26. The van der Waals surface area contributed by atoms with Crippen molar-refractivity contribution in [1.29, 1.82) is 0 Å². The van der Waals surface area contributed by atoms with Gasteiger partial charge in [0.1, 0.15) is 0 Å². The fourth-order valence-electron chi connectivity index (χ4n) is 3.36. The van der Waals surface area contributed by atoms with Crippen molar-refractivity contribution in [3.05, 3.63) is 83.9 Å². The third-order valence-corrected chi connectivity index (χ3v) is 6.16. The van der Waals surface area contributed by atoms with Gasteiger partial charge >= 0.3 is 6.09 Å². The normalized spacial score (nSPS) is 11.5. The number of amides is 1. The molecular weight excluding hydrogens is 400 g/mol. The van der Waals surface area contributed by atoms with Crippen molar-refractivity contribution in [2.45, 2.75) is 18.2 Å². The zero-order valence-electron chi connectivity index (χ0n) is 16.3. The average molecular weight is 420 g/mol. The summed E-state index contributed by atoms with van der Waals surface area (Å²) in [6, 6.07) is 21.8. The second-order valence-corrected chi connectivity index (χ2v) is 8.61. The lowest BCUT2D eigenvalue weighted by molar-refractivity contribution is 0.154. The van der Waals surface area contributed by atoms with Crippen molar-refractivity contribution in [3.8, 4) is 0 Å². The number of sulfonamides is 1. The number of nitrogens with one attached hydrogen (secondary N) is 1. The molecule has 0 fully saturated rings. The van der Waals surface area contributed by atoms with E-state index >= 15 is 0 Å². The van der Waals surface area contributed by atoms with E-state index in [0.717, 1.165) is 32.9 Å². The molecule has 4 aromatic rings. The number of nitrogens with zero attached hydrogens (tertiary/aromatic N) is 1. The monoisotopic (exact) mass is 420 g/mol. The minimum absolute atomic E-state index is 0.0103. The van der Waals surface area contributed by atoms with Crippen LogP contribution in [-0.4, -0.2) is 26.1 Å². The molecule has 0 saturated heterocycles. The van der Waals surface area contributed by atoms with Crippen LogP contribution in [0.3, 0.4) is 0 Å². The predicted octanol–water partition coefficient (Wildman–Crippen LogP) is 4.35. The Hall–Kier alpha value is -3.45. The van der Waals surface area contributed by atoms with Crippen molar-refractivity contribution >= 4 is 37.9 Å². The molecule has 1 aromatic heterocycles. The molecule has 3 aromatic carbocycles. The lowest BCUT2D eigenvalue weighted by Gasteiger charge is -2.12. The lowest BCUT2D eigenvalue weighted by Crippen LogP contribution is -2.31. The van der Waals surface area contributed by atoms with E-state index in [0.29, 0.717) is 6.42 Å². The van der Waals surface area contributed by atoms with Crippen LogP contribution in [0.1, 0.15) is 11.1 Å². The molecule has 0 aliphatic rings. The predicted molar refractivity (Wildman–Crippen MR) is 116 cm³/mol. The number of fused-ring (bicyclic) bond motifs is 2. The SMILES string of the molecule is Cc1ccc(S(=O)(=O)NC(=O)OCCc2c3ccccc3nc3ccccc23)cc1. The van der Waals surface area contributed by atoms with E-state index in [-0.39, 0.29) is 11.5 Å². The second kappa shape index (κ2) is 8.12. The molecule has 1 amide bonds. The molecule has 0 saturated carbocycles. The van der Waals surface area contributed by atoms with E-state index in [1.54, 1.807) is 12.1 Å². The molecular formula is C23H20N2O4S. The molecule has 0 atom stereocenters. The summed E-state index contributed by atoms with van der Waals surface area (Å²) in [4.78, 5) is 16.8. The number of carbonyl (C=O) groups excluding carboxylic acids is 1. The summed E-state index contributed by atoms with van der Waals surface area (Å²) in [5.41, 5.74) is 3.65. The number of aromatic nitrogens is 1. The van der Waals surface area contributed by atoms with Crippen LogP contribution >= 0.6 is 0 Å². The highest BCUT2D eigenvalue weighted by Gasteiger charge is 2.18. The average Bonchev–Trinajstić information content (AvgIpc) is 2.73. The van der Waals surface area contributed by atoms with Gasteiger partial charge in [-0.25, -0.2) is 22.9 Å². The number of hydrogen-bond acceptors (Lipinski definition) is 5. The van der Waals surface area contributed by atoms with Crippen LogP contribution in [0.5, 0.6) is 0 Å². The minimum Gasteiger partial charge on any atom is -0.448 e. The van der Waals surface area contributed by atoms with Gasteiger partial charge in [0.25, 0.3) is 10.0 Å². The Morgan fingerprint density at radius 3 is 2.07 bits per heavy atom.